The number of benzene rings is 1. The molecule has 2 nitrogen and oxygen atoms in total. The predicted molar refractivity (Wildman–Crippen MR) is 88.7 cm³/mol. The van der Waals surface area contributed by atoms with Crippen molar-refractivity contribution in [3.05, 3.63) is 32.7 Å². The first-order valence-corrected chi connectivity index (χ1v) is 8.10. The molecule has 1 heterocycles. The lowest BCUT2D eigenvalue weighted by atomic mass is 10.1. The van der Waals surface area contributed by atoms with Crippen molar-refractivity contribution in [2.45, 2.75) is 32.4 Å². The molecule has 1 atom stereocenters. The molecule has 1 aromatic carbocycles. The van der Waals surface area contributed by atoms with E-state index in [0.29, 0.717) is 0 Å². The third-order valence-electron chi connectivity index (χ3n) is 3.58. The van der Waals surface area contributed by atoms with Crippen LogP contribution >= 0.6 is 31.9 Å². The van der Waals surface area contributed by atoms with E-state index < -0.39 is 0 Å². The summed E-state index contributed by atoms with van der Waals surface area (Å²) < 4.78 is 8.01. The number of rotatable bonds is 3. The molecule has 0 aliphatic carbocycles. The van der Waals surface area contributed by atoms with E-state index in [1.54, 1.807) is 0 Å². The van der Waals surface area contributed by atoms with Gasteiger partial charge in [0.15, 0.2) is 0 Å². The third kappa shape index (κ3) is 3.06. The molecule has 0 bridgehead atoms. The van der Waals surface area contributed by atoms with Crippen molar-refractivity contribution in [2.24, 2.45) is 0 Å². The lowest BCUT2D eigenvalue weighted by molar-refractivity contribution is 0.0174. The van der Waals surface area contributed by atoms with Crippen molar-refractivity contribution < 1.29 is 4.74 Å². The summed E-state index contributed by atoms with van der Waals surface area (Å²) in [5, 5.41) is 0. The number of halogens is 2. The Morgan fingerprint density at radius 1 is 1.37 bits per heavy atom. The average Bonchev–Trinajstić information content (AvgIpc) is 2.44. The van der Waals surface area contributed by atoms with Crippen LogP contribution in [0.25, 0.3) is 6.08 Å². The molecule has 0 spiro atoms. The fourth-order valence-corrected chi connectivity index (χ4v) is 3.43. The molecule has 1 aromatic rings. The second-order valence-corrected chi connectivity index (χ2v) is 6.48. The lowest BCUT2D eigenvalue weighted by Gasteiger charge is -2.34. The van der Waals surface area contributed by atoms with Gasteiger partial charge in [-0.15, -0.1) is 0 Å². The van der Waals surface area contributed by atoms with Crippen molar-refractivity contribution in [3.8, 4) is 0 Å². The summed E-state index contributed by atoms with van der Waals surface area (Å²) in [6.07, 6.45) is 5.54. The van der Waals surface area contributed by atoms with Crippen LogP contribution in [0.3, 0.4) is 0 Å². The minimum absolute atomic E-state index is 0.167. The van der Waals surface area contributed by atoms with Gasteiger partial charge in [0.05, 0.1) is 0 Å². The van der Waals surface area contributed by atoms with E-state index >= 15 is 0 Å². The van der Waals surface area contributed by atoms with Crippen LogP contribution in [0.5, 0.6) is 0 Å². The molecular formula is C15H19Br2NO. The second kappa shape index (κ2) is 6.42. The monoisotopic (exact) mass is 387 g/mol. The van der Waals surface area contributed by atoms with E-state index in [1.165, 1.54) is 18.4 Å². The Morgan fingerprint density at radius 3 is 2.68 bits per heavy atom. The van der Waals surface area contributed by atoms with Crippen LogP contribution in [0.2, 0.25) is 0 Å². The van der Waals surface area contributed by atoms with Gasteiger partial charge in [-0.25, -0.2) is 0 Å². The summed E-state index contributed by atoms with van der Waals surface area (Å²) >= 11 is 7.25. The van der Waals surface area contributed by atoms with Gasteiger partial charge >= 0.3 is 0 Å². The van der Waals surface area contributed by atoms with E-state index in [9.17, 15) is 0 Å². The minimum Gasteiger partial charge on any atom is -0.358 e. The highest BCUT2D eigenvalue weighted by molar-refractivity contribution is 9.13. The number of anilines is 1. The molecular weight excluding hydrogens is 370 g/mol. The zero-order valence-corrected chi connectivity index (χ0v) is 14.6. The van der Waals surface area contributed by atoms with Crippen LogP contribution in [-0.4, -0.2) is 19.9 Å². The van der Waals surface area contributed by atoms with Gasteiger partial charge in [-0.2, -0.15) is 0 Å². The predicted octanol–water partition coefficient (Wildman–Crippen LogP) is 5.13. The van der Waals surface area contributed by atoms with E-state index in [-0.39, 0.29) is 6.23 Å². The first-order chi connectivity index (χ1) is 9.06. The van der Waals surface area contributed by atoms with Crippen LogP contribution in [0, 0.1) is 6.92 Å². The van der Waals surface area contributed by atoms with Crippen molar-refractivity contribution in [3.63, 3.8) is 0 Å². The Hall–Kier alpha value is -0.320. The molecule has 0 radical (unpaired) electrons. The standard InChI is InChI=1S/C15H19Br2NO/c1-4-11-12(9-10(2)14(16)15(11)17)18(3)13-7-5-6-8-19-13/h4,9,13H,1,5-8H2,2-3H3. The summed E-state index contributed by atoms with van der Waals surface area (Å²) in [6.45, 7) is 6.89. The minimum atomic E-state index is 0.167. The van der Waals surface area contributed by atoms with Crippen LogP contribution in [0.1, 0.15) is 30.4 Å². The first-order valence-electron chi connectivity index (χ1n) is 6.51. The van der Waals surface area contributed by atoms with E-state index in [0.717, 1.165) is 33.2 Å². The maximum absolute atomic E-state index is 5.87. The molecule has 0 N–H and O–H groups in total. The number of aryl methyl sites for hydroxylation is 1. The Kier molecular flexibility index (Phi) is 5.09. The number of hydrogen-bond acceptors (Lipinski definition) is 2. The molecule has 2 rings (SSSR count). The van der Waals surface area contributed by atoms with Crippen molar-refractivity contribution in [1.82, 2.24) is 0 Å². The highest BCUT2D eigenvalue weighted by Crippen LogP contribution is 2.38. The van der Waals surface area contributed by atoms with Crippen molar-refractivity contribution in [2.75, 3.05) is 18.6 Å². The van der Waals surface area contributed by atoms with Crippen LogP contribution in [0.4, 0.5) is 5.69 Å². The average molecular weight is 389 g/mol. The van der Waals surface area contributed by atoms with Gasteiger partial charge in [0.2, 0.25) is 0 Å². The van der Waals surface area contributed by atoms with Gasteiger partial charge < -0.3 is 9.64 Å². The third-order valence-corrected chi connectivity index (χ3v) is 5.95. The zero-order valence-electron chi connectivity index (χ0n) is 11.4. The van der Waals surface area contributed by atoms with Crippen molar-refractivity contribution in [1.29, 1.82) is 0 Å². The summed E-state index contributed by atoms with van der Waals surface area (Å²) in [6, 6.07) is 2.18. The molecule has 104 valence electrons. The molecule has 0 aromatic heterocycles. The molecule has 1 aliphatic heterocycles. The quantitative estimate of drug-likeness (QED) is 0.711. The Morgan fingerprint density at radius 2 is 2.11 bits per heavy atom. The second-order valence-electron chi connectivity index (χ2n) is 4.89. The van der Waals surface area contributed by atoms with Crippen LogP contribution in [0.15, 0.2) is 21.6 Å². The van der Waals surface area contributed by atoms with Crippen LogP contribution in [-0.2, 0) is 4.74 Å². The van der Waals surface area contributed by atoms with Gasteiger partial charge in [-0.1, -0.05) is 12.7 Å². The van der Waals surface area contributed by atoms with Crippen LogP contribution < -0.4 is 4.90 Å². The molecule has 4 heteroatoms. The molecule has 1 aliphatic rings. The summed E-state index contributed by atoms with van der Waals surface area (Å²) in [4.78, 5) is 2.22. The maximum atomic E-state index is 5.87. The molecule has 1 unspecified atom stereocenters. The SMILES string of the molecule is C=Cc1c(N(C)C2CCCCO2)cc(C)c(Br)c1Br. The Labute approximate surface area is 132 Å². The zero-order chi connectivity index (χ0) is 14.0. The smallest absolute Gasteiger partial charge is 0.129 e. The highest BCUT2D eigenvalue weighted by Gasteiger charge is 2.22. The molecule has 19 heavy (non-hydrogen) atoms. The van der Waals surface area contributed by atoms with Gasteiger partial charge in [0, 0.05) is 33.9 Å². The Bertz CT molecular complexity index is 482. The van der Waals surface area contributed by atoms with E-state index in [2.05, 4.69) is 63.4 Å². The fourth-order valence-electron chi connectivity index (χ4n) is 2.42. The highest BCUT2D eigenvalue weighted by atomic mass is 79.9. The normalized spacial score (nSPS) is 19.3. The number of ether oxygens (including phenoxy) is 1. The van der Waals surface area contributed by atoms with E-state index in [4.69, 9.17) is 4.74 Å². The van der Waals surface area contributed by atoms with E-state index in [1.807, 2.05) is 6.08 Å². The lowest BCUT2D eigenvalue weighted by Crippen LogP contribution is -2.37. The molecule has 0 saturated carbocycles. The van der Waals surface area contributed by atoms with Crippen molar-refractivity contribution >= 4 is 43.6 Å². The first kappa shape index (κ1) is 15.1. The maximum Gasteiger partial charge on any atom is 0.129 e. The summed E-state index contributed by atoms with van der Waals surface area (Å²) in [5.41, 5.74) is 3.47. The molecule has 1 fully saturated rings. The number of hydrogen-bond donors (Lipinski definition) is 0. The topological polar surface area (TPSA) is 12.5 Å². The molecule has 1 saturated heterocycles. The van der Waals surface area contributed by atoms with Gasteiger partial charge in [-0.05, 0) is 69.7 Å². The van der Waals surface area contributed by atoms with Gasteiger partial charge in [-0.3, -0.25) is 0 Å². The van der Waals surface area contributed by atoms with Gasteiger partial charge in [0.25, 0.3) is 0 Å². The summed E-state index contributed by atoms with van der Waals surface area (Å²) in [5.74, 6) is 0. The Balaban J connectivity index is 2.40. The largest absolute Gasteiger partial charge is 0.358 e. The number of nitrogens with zero attached hydrogens (tertiary/aromatic N) is 1. The van der Waals surface area contributed by atoms with Gasteiger partial charge in [0.1, 0.15) is 6.23 Å². The molecule has 0 amide bonds. The fraction of sp³-hybridized carbons (Fsp3) is 0.467. The summed E-state index contributed by atoms with van der Waals surface area (Å²) in [7, 11) is 2.10.